The van der Waals surface area contributed by atoms with Gasteiger partial charge in [-0.15, -0.1) is 0 Å². The highest BCUT2D eigenvalue weighted by molar-refractivity contribution is 6.00. The smallest absolute Gasteiger partial charge is 0.227 e. The Bertz CT molecular complexity index is 2040. The van der Waals surface area contributed by atoms with Crippen molar-refractivity contribution in [1.29, 1.82) is 0 Å². The van der Waals surface area contributed by atoms with Gasteiger partial charge in [-0.1, -0.05) is 0 Å². The normalized spacial score (nSPS) is 15.2. The molecule has 45 heavy (non-hydrogen) atoms. The van der Waals surface area contributed by atoms with Crippen LogP contribution in [0.4, 0.5) is 10.1 Å². The van der Waals surface area contributed by atoms with E-state index >= 15 is 0 Å². The average molecular weight is 603 g/mol. The first kappa shape index (κ1) is 27.4. The van der Waals surface area contributed by atoms with E-state index in [4.69, 9.17) is 4.74 Å². The lowest BCUT2D eigenvalue weighted by molar-refractivity contribution is -0.117. The fourth-order valence-electron chi connectivity index (χ4n) is 6.01. The lowest BCUT2D eigenvalue weighted by Crippen LogP contribution is -2.25. The predicted octanol–water partition coefficient (Wildman–Crippen LogP) is 6.19. The Morgan fingerprint density at radius 2 is 1.82 bits per heavy atom. The summed E-state index contributed by atoms with van der Waals surface area (Å²) in [5.41, 5.74) is 6.55. The van der Waals surface area contributed by atoms with Crippen LogP contribution in [-0.4, -0.2) is 67.2 Å². The Balaban J connectivity index is 1.10. The van der Waals surface area contributed by atoms with Crippen molar-refractivity contribution >= 4 is 33.4 Å². The number of fused-ring (bicyclic) bond motifs is 2. The van der Waals surface area contributed by atoms with Gasteiger partial charge in [-0.3, -0.25) is 29.7 Å². The molecule has 3 N–H and O–H groups in total. The van der Waals surface area contributed by atoms with Gasteiger partial charge in [-0.2, -0.15) is 5.10 Å². The number of pyridine rings is 3. The van der Waals surface area contributed by atoms with Crippen molar-refractivity contribution < 1.29 is 13.9 Å². The SMILES string of the molecule is O=C(Nc1cncc(-c2cc3c(-c4cc5c(-c6cc(F)cc(OCCN7CCCC7)c6)nccc5[nH]4)n[nH]c3cn2)c1)C1CC1. The van der Waals surface area contributed by atoms with Crippen LogP contribution >= 0.6 is 0 Å². The first-order valence-electron chi connectivity index (χ1n) is 15.3. The number of aromatic nitrogens is 6. The number of rotatable bonds is 9. The first-order valence-corrected chi connectivity index (χ1v) is 15.3. The molecule has 5 aromatic heterocycles. The molecule has 1 saturated carbocycles. The molecule has 226 valence electrons. The van der Waals surface area contributed by atoms with Crippen molar-refractivity contribution in [2.24, 2.45) is 5.92 Å². The standard InChI is InChI=1S/C34H31FN8O2/c35-23-11-21(13-25(14-23)45-10-9-43-7-1-2-8-43)32-26-16-30(40-28(26)5-6-37-32)33-27-15-29(38-19-31(27)41-42-33)22-12-24(18-36-17-22)39-34(44)20-3-4-20/h5-6,11-20,40H,1-4,7-10H2,(H,39,44)(H,41,42). The van der Waals surface area contributed by atoms with Crippen LogP contribution < -0.4 is 10.1 Å². The number of amides is 1. The minimum Gasteiger partial charge on any atom is -0.492 e. The Morgan fingerprint density at radius 3 is 2.69 bits per heavy atom. The van der Waals surface area contributed by atoms with Gasteiger partial charge in [0.1, 0.15) is 23.9 Å². The molecule has 0 bridgehead atoms. The van der Waals surface area contributed by atoms with Gasteiger partial charge in [0.05, 0.1) is 40.7 Å². The Labute approximate surface area is 258 Å². The number of halogens is 1. The second-order valence-corrected chi connectivity index (χ2v) is 11.8. The van der Waals surface area contributed by atoms with Gasteiger partial charge in [0.2, 0.25) is 5.91 Å². The molecule has 11 heteroatoms. The molecule has 10 nitrogen and oxygen atoms in total. The summed E-state index contributed by atoms with van der Waals surface area (Å²) in [5, 5.41) is 12.3. The summed E-state index contributed by atoms with van der Waals surface area (Å²) in [4.78, 5) is 31.7. The van der Waals surface area contributed by atoms with Gasteiger partial charge in [-0.05, 0) is 75.2 Å². The molecule has 1 aliphatic heterocycles. The minimum absolute atomic E-state index is 0.0293. The van der Waals surface area contributed by atoms with Gasteiger partial charge in [0.15, 0.2) is 0 Å². The van der Waals surface area contributed by atoms with Crippen LogP contribution in [0.1, 0.15) is 25.7 Å². The molecule has 2 fully saturated rings. The van der Waals surface area contributed by atoms with Gasteiger partial charge < -0.3 is 15.0 Å². The zero-order valence-electron chi connectivity index (χ0n) is 24.5. The van der Waals surface area contributed by atoms with Crippen molar-refractivity contribution in [2.75, 3.05) is 31.6 Å². The molecular weight excluding hydrogens is 571 g/mol. The van der Waals surface area contributed by atoms with Crippen LogP contribution in [0, 0.1) is 11.7 Å². The molecule has 1 aliphatic carbocycles. The largest absolute Gasteiger partial charge is 0.492 e. The van der Waals surface area contributed by atoms with E-state index in [1.807, 2.05) is 30.3 Å². The van der Waals surface area contributed by atoms with Crippen LogP contribution in [0.3, 0.4) is 0 Å². The summed E-state index contributed by atoms with van der Waals surface area (Å²) < 4.78 is 20.7. The quantitative estimate of drug-likeness (QED) is 0.180. The van der Waals surface area contributed by atoms with E-state index in [1.165, 1.54) is 25.0 Å². The van der Waals surface area contributed by atoms with Crippen molar-refractivity contribution in [3.63, 3.8) is 0 Å². The van der Waals surface area contributed by atoms with E-state index in [0.29, 0.717) is 40.7 Å². The predicted molar refractivity (Wildman–Crippen MR) is 170 cm³/mol. The van der Waals surface area contributed by atoms with Crippen LogP contribution in [-0.2, 0) is 4.79 Å². The van der Waals surface area contributed by atoms with E-state index in [-0.39, 0.29) is 17.6 Å². The second-order valence-electron chi connectivity index (χ2n) is 11.8. The number of anilines is 1. The van der Waals surface area contributed by atoms with Crippen LogP contribution in [0.5, 0.6) is 5.75 Å². The molecule has 0 atom stereocenters. The lowest BCUT2D eigenvalue weighted by atomic mass is 10.1. The van der Waals surface area contributed by atoms with E-state index in [0.717, 1.165) is 65.5 Å². The van der Waals surface area contributed by atoms with Crippen LogP contribution in [0.15, 0.2) is 67.3 Å². The summed E-state index contributed by atoms with van der Waals surface area (Å²) in [6.45, 7) is 3.52. The lowest BCUT2D eigenvalue weighted by Gasteiger charge is -2.15. The van der Waals surface area contributed by atoms with E-state index in [1.54, 1.807) is 24.8 Å². The van der Waals surface area contributed by atoms with Gasteiger partial charge >= 0.3 is 0 Å². The number of aromatic amines is 2. The summed E-state index contributed by atoms with van der Waals surface area (Å²) in [6.07, 6.45) is 11.1. The van der Waals surface area contributed by atoms with Crippen molar-refractivity contribution in [2.45, 2.75) is 25.7 Å². The Kier molecular flexibility index (Phi) is 6.94. The molecule has 8 rings (SSSR count). The molecule has 1 saturated heterocycles. The number of likely N-dealkylation sites (tertiary alicyclic amines) is 1. The third-order valence-corrected chi connectivity index (χ3v) is 8.52. The zero-order valence-corrected chi connectivity index (χ0v) is 24.5. The number of nitrogens with one attached hydrogen (secondary N) is 3. The fourth-order valence-corrected chi connectivity index (χ4v) is 6.01. The highest BCUT2D eigenvalue weighted by atomic mass is 19.1. The second kappa shape index (κ2) is 11.4. The zero-order chi connectivity index (χ0) is 30.3. The first-order chi connectivity index (χ1) is 22.1. The maximum absolute atomic E-state index is 14.8. The number of ether oxygens (including phenoxy) is 1. The number of nitrogens with zero attached hydrogens (tertiary/aromatic N) is 5. The fraction of sp³-hybridized carbons (Fsp3) is 0.265. The number of carbonyl (C=O) groups excluding carboxylic acids is 1. The third-order valence-electron chi connectivity index (χ3n) is 8.52. The Morgan fingerprint density at radius 1 is 0.956 bits per heavy atom. The van der Waals surface area contributed by atoms with E-state index in [9.17, 15) is 9.18 Å². The van der Waals surface area contributed by atoms with Crippen molar-refractivity contribution in [3.05, 3.63) is 73.1 Å². The van der Waals surface area contributed by atoms with Crippen molar-refractivity contribution in [1.82, 2.24) is 35.0 Å². The number of H-pyrrole nitrogens is 2. The maximum atomic E-state index is 14.8. The van der Waals surface area contributed by atoms with Crippen molar-refractivity contribution in [3.8, 4) is 39.7 Å². The number of benzene rings is 1. The highest BCUT2D eigenvalue weighted by Gasteiger charge is 2.29. The maximum Gasteiger partial charge on any atom is 0.227 e. The Hall–Kier alpha value is -5.16. The topological polar surface area (TPSA) is 125 Å². The number of hydrogen-bond acceptors (Lipinski definition) is 7. The van der Waals surface area contributed by atoms with Crippen LogP contribution in [0.2, 0.25) is 0 Å². The molecule has 2 aliphatic rings. The minimum atomic E-state index is -0.373. The molecule has 0 unspecified atom stereocenters. The monoisotopic (exact) mass is 602 g/mol. The van der Waals surface area contributed by atoms with Gasteiger partial charge in [-0.25, -0.2) is 4.39 Å². The summed E-state index contributed by atoms with van der Waals surface area (Å²) in [7, 11) is 0. The molecule has 0 spiro atoms. The average Bonchev–Trinajstić information content (AvgIpc) is 3.40. The summed E-state index contributed by atoms with van der Waals surface area (Å²) in [5.74, 6) is 0.246. The van der Waals surface area contributed by atoms with Gasteiger partial charge in [0.25, 0.3) is 0 Å². The van der Waals surface area contributed by atoms with E-state index < -0.39 is 0 Å². The highest BCUT2D eigenvalue weighted by Crippen LogP contribution is 2.35. The molecular formula is C34H31FN8O2. The van der Waals surface area contributed by atoms with E-state index in [2.05, 4.69) is 40.3 Å². The van der Waals surface area contributed by atoms with Crippen LogP contribution in [0.25, 0.3) is 55.7 Å². The third kappa shape index (κ3) is 5.62. The molecule has 1 aromatic carbocycles. The molecule has 6 heterocycles. The number of carbonyl (C=O) groups is 1. The summed E-state index contributed by atoms with van der Waals surface area (Å²) >= 11 is 0. The summed E-state index contributed by atoms with van der Waals surface area (Å²) in [6, 6.07) is 12.5. The van der Waals surface area contributed by atoms with Gasteiger partial charge in [0, 0.05) is 58.3 Å². The molecule has 6 aromatic rings. The number of hydrogen-bond donors (Lipinski definition) is 3. The molecule has 0 radical (unpaired) electrons. The molecule has 1 amide bonds.